The zero-order chi connectivity index (χ0) is 14.5. The molecule has 0 saturated carbocycles. The Labute approximate surface area is 125 Å². The van der Waals surface area contributed by atoms with Gasteiger partial charge in [-0.05, 0) is 25.6 Å². The van der Waals surface area contributed by atoms with Gasteiger partial charge < -0.3 is 10.2 Å². The molecule has 5 heteroatoms. The van der Waals surface area contributed by atoms with Crippen LogP contribution >= 0.6 is 11.6 Å². The summed E-state index contributed by atoms with van der Waals surface area (Å²) in [4.78, 5) is 16.9. The van der Waals surface area contributed by atoms with Crippen LogP contribution in [0.3, 0.4) is 0 Å². The summed E-state index contributed by atoms with van der Waals surface area (Å²) >= 11 is 6.06. The predicted molar refractivity (Wildman–Crippen MR) is 83.2 cm³/mol. The minimum absolute atomic E-state index is 0.00282. The Morgan fingerprint density at radius 3 is 2.55 bits per heavy atom. The van der Waals surface area contributed by atoms with Crippen molar-refractivity contribution in [1.29, 1.82) is 0 Å². The minimum atomic E-state index is -0.134. The number of carbonyl (C=O) groups is 1. The summed E-state index contributed by atoms with van der Waals surface area (Å²) in [5.41, 5.74) is 0.679. The predicted octanol–water partition coefficient (Wildman–Crippen LogP) is 2.30. The van der Waals surface area contributed by atoms with E-state index in [1.165, 1.54) is 0 Å². The van der Waals surface area contributed by atoms with Crippen molar-refractivity contribution in [2.45, 2.75) is 19.9 Å². The number of halogens is 1. The quantitative estimate of drug-likeness (QED) is 0.926. The number of amides is 1. The third-order valence-electron chi connectivity index (χ3n) is 3.91. The highest BCUT2D eigenvalue weighted by atomic mass is 35.5. The first-order valence-corrected chi connectivity index (χ1v) is 7.51. The third-order valence-corrected chi connectivity index (χ3v) is 4.24. The topological polar surface area (TPSA) is 35.6 Å². The molecule has 1 aromatic rings. The first-order valence-electron chi connectivity index (χ1n) is 7.13. The Balaban J connectivity index is 1.91. The number of piperazine rings is 1. The Hall–Kier alpha value is -1.10. The van der Waals surface area contributed by atoms with Gasteiger partial charge in [0.2, 0.25) is 5.91 Å². The van der Waals surface area contributed by atoms with E-state index in [0.29, 0.717) is 10.7 Å². The molecule has 0 spiro atoms. The summed E-state index contributed by atoms with van der Waals surface area (Å²) in [6.07, 6.45) is 0. The van der Waals surface area contributed by atoms with E-state index in [4.69, 9.17) is 11.6 Å². The normalized spacial score (nSPS) is 18.8. The molecule has 0 aliphatic carbocycles. The smallest absolute Gasteiger partial charge is 0.241 e. The first-order chi connectivity index (χ1) is 9.61. The Kier molecular flexibility index (Phi) is 5.40. The molecule has 0 unspecified atom stereocenters. The molecule has 1 heterocycles. The molecular formula is C15H22ClN3O. The van der Waals surface area contributed by atoms with Crippen molar-refractivity contribution in [3.8, 4) is 0 Å². The van der Waals surface area contributed by atoms with Gasteiger partial charge in [-0.1, -0.05) is 30.7 Å². The molecule has 1 aromatic carbocycles. The van der Waals surface area contributed by atoms with Gasteiger partial charge in [0.05, 0.1) is 16.8 Å². The third kappa shape index (κ3) is 3.72. The summed E-state index contributed by atoms with van der Waals surface area (Å²) in [6, 6.07) is 7.19. The Morgan fingerprint density at radius 2 is 1.95 bits per heavy atom. The average molecular weight is 296 g/mol. The fraction of sp³-hybridized carbons (Fsp3) is 0.533. The van der Waals surface area contributed by atoms with E-state index in [2.05, 4.69) is 22.0 Å². The SMILES string of the molecule is CCN1CCN([C@@H](C)C(=O)Nc2ccccc2Cl)CC1. The van der Waals surface area contributed by atoms with Gasteiger partial charge in [0.25, 0.3) is 0 Å². The molecule has 1 saturated heterocycles. The van der Waals surface area contributed by atoms with Crippen LogP contribution in [0.25, 0.3) is 0 Å². The lowest BCUT2D eigenvalue weighted by molar-refractivity contribution is -0.121. The Bertz CT molecular complexity index is 458. The van der Waals surface area contributed by atoms with Crippen molar-refractivity contribution >= 4 is 23.2 Å². The summed E-state index contributed by atoms with van der Waals surface area (Å²) in [6.45, 7) is 9.13. The van der Waals surface area contributed by atoms with Crippen LogP contribution in [0.4, 0.5) is 5.69 Å². The zero-order valence-electron chi connectivity index (χ0n) is 12.1. The van der Waals surface area contributed by atoms with Crippen LogP contribution < -0.4 is 5.32 Å². The maximum absolute atomic E-state index is 12.3. The molecule has 0 radical (unpaired) electrons. The van der Waals surface area contributed by atoms with Crippen LogP contribution in [0, 0.1) is 0 Å². The number of para-hydroxylation sites is 1. The molecule has 1 fully saturated rings. The van der Waals surface area contributed by atoms with E-state index in [0.717, 1.165) is 32.7 Å². The van der Waals surface area contributed by atoms with E-state index < -0.39 is 0 Å². The molecule has 1 aliphatic rings. The maximum atomic E-state index is 12.3. The van der Waals surface area contributed by atoms with E-state index in [9.17, 15) is 4.79 Å². The van der Waals surface area contributed by atoms with Gasteiger partial charge >= 0.3 is 0 Å². The summed E-state index contributed by atoms with van der Waals surface area (Å²) < 4.78 is 0. The largest absolute Gasteiger partial charge is 0.323 e. The van der Waals surface area contributed by atoms with Crippen LogP contribution in [-0.2, 0) is 4.79 Å². The van der Waals surface area contributed by atoms with Crippen LogP contribution in [0.15, 0.2) is 24.3 Å². The van der Waals surface area contributed by atoms with E-state index >= 15 is 0 Å². The number of anilines is 1. The van der Waals surface area contributed by atoms with Crippen LogP contribution in [0.2, 0.25) is 5.02 Å². The number of hydrogen-bond donors (Lipinski definition) is 1. The van der Waals surface area contributed by atoms with Crippen molar-refractivity contribution < 1.29 is 4.79 Å². The molecule has 1 atom stereocenters. The molecule has 1 N–H and O–H groups in total. The van der Waals surface area contributed by atoms with Gasteiger partial charge in [0.15, 0.2) is 0 Å². The number of nitrogens with one attached hydrogen (secondary N) is 1. The van der Waals surface area contributed by atoms with Crippen LogP contribution in [0.5, 0.6) is 0 Å². The highest BCUT2D eigenvalue weighted by Gasteiger charge is 2.25. The lowest BCUT2D eigenvalue weighted by atomic mass is 10.2. The second-order valence-electron chi connectivity index (χ2n) is 5.12. The van der Waals surface area contributed by atoms with Gasteiger partial charge in [-0.3, -0.25) is 9.69 Å². The number of hydrogen-bond acceptors (Lipinski definition) is 3. The second kappa shape index (κ2) is 7.07. The molecule has 4 nitrogen and oxygen atoms in total. The van der Waals surface area contributed by atoms with E-state index in [1.807, 2.05) is 25.1 Å². The highest BCUT2D eigenvalue weighted by Crippen LogP contribution is 2.21. The minimum Gasteiger partial charge on any atom is -0.323 e. The fourth-order valence-corrected chi connectivity index (χ4v) is 2.62. The highest BCUT2D eigenvalue weighted by molar-refractivity contribution is 6.33. The summed E-state index contributed by atoms with van der Waals surface area (Å²) in [7, 11) is 0. The second-order valence-corrected chi connectivity index (χ2v) is 5.52. The molecule has 1 aliphatic heterocycles. The lowest BCUT2D eigenvalue weighted by Gasteiger charge is -2.36. The van der Waals surface area contributed by atoms with Crippen LogP contribution in [-0.4, -0.2) is 54.5 Å². The van der Waals surface area contributed by atoms with E-state index in [1.54, 1.807) is 6.07 Å². The maximum Gasteiger partial charge on any atom is 0.241 e. The van der Waals surface area contributed by atoms with Gasteiger partial charge in [0.1, 0.15) is 0 Å². The molecule has 110 valence electrons. The van der Waals surface area contributed by atoms with Gasteiger partial charge in [-0.15, -0.1) is 0 Å². The van der Waals surface area contributed by atoms with Crippen LogP contribution in [0.1, 0.15) is 13.8 Å². The van der Waals surface area contributed by atoms with E-state index in [-0.39, 0.29) is 11.9 Å². The lowest BCUT2D eigenvalue weighted by Crippen LogP contribution is -2.52. The number of likely N-dealkylation sites (N-methyl/N-ethyl adjacent to an activating group) is 1. The number of benzene rings is 1. The van der Waals surface area contributed by atoms with Crippen molar-refractivity contribution in [2.24, 2.45) is 0 Å². The Morgan fingerprint density at radius 1 is 1.30 bits per heavy atom. The molecule has 20 heavy (non-hydrogen) atoms. The molecule has 1 amide bonds. The van der Waals surface area contributed by atoms with Crippen molar-refractivity contribution in [2.75, 3.05) is 38.0 Å². The van der Waals surface area contributed by atoms with Crippen molar-refractivity contribution in [1.82, 2.24) is 9.80 Å². The van der Waals surface area contributed by atoms with Crippen molar-refractivity contribution in [3.63, 3.8) is 0 Å². The summed E-state index contributed by atoms with van der Waals surface area (Å²) in [5.74, 6) is 0.00282. The van der Waals surface area contributed by atoms with Crippen molar-refractivity contribution in [3.05, 3.63) is 29.3 Å². The fourth-order valence-electron chi connectivity index (χ4n) is 2.43. The average Bonchev–Trinajstić information content (AvgIpc) is 2.49. The monoisotopic (exact) mass is 295 g/mol. The molecular weight excluding hydrogens is 274 g/mol. The standard InChI is InChI=1S/C15H22ClN3O/c1-3-18-8-10-19(11-9-18)12(2)15(20)17-14-7-5-4-6-13(14)16/h4-7,12H,3,8-11H2,1-2H3,(H,17,20)/t12-/m0/s1. The summed E-state index contributed by atoms with van der Waals surface area (Å²) in [5, 5.41) is 3.48. The first kappa shape index (κ1) is 15.3. The molecule has 2 rings (SSSR count). The molecule has 0 aromatic heterocycles. The number of carbonyl (C=O) groups excluding carboxylic acids is 1. The van der Waals surface area contributed by atoms with Gasteiger partial charge in [-0.25, -0.2) is 0 Å². The number of nitrogens with zero attached hydrogens (tertiary/aromatic N) is 2. The number of rotatable bonds is 4. The molecule has 0 bridgehead atoms. The zero-order valence-corrected chi connectivity index (χ0v) is 12.9. The van der Waals surface area contributed by atoms with Gasteiger partial charge in [-0.2, -0.15) is 0 Å². The van der Waals surface area contributed by atoms with Gasteiger partial charge in [0, 0.05) is 26.2 Å².